The third kappa shape index (κ3) is 4.23. The molecule has 1 aromatic heterocycles. The summed E-state index contributed by atoms with van der Waals surface area (Å²) in [6.07, 6.45) is 3.29. The summed E-state index contributed by atoms with van der Waals surface area (Å²) in [5.74, 6) is 1.53. The number of hydrogen-bond donors (Lipinski definition) is 2. The van der Waals surface area contributed by atoms with Crippen LogP contribution in [0.25, 0.3) is 0 Å². The molecule has 6 nitrogen and oxygen atoms in total. The molecule has 2 rings (SSSR count). The molecule has 0 fully saturated rings. The molecule has 1 amide bonds. The minimum atomic E-state index is -0.263. The second-order valence-electron chi connectivity index (χ2n) is 4.62. The molecule has 0 spiro atoms. The van der Waals surface area contributed by atoms with Gasteiger partial charge in [-0.15, -0.1) is 6.58 Å². The normalized spacial score (nSPS) is 9.83. The van der Waals surface area contributed by atoms with Gasteiger partial charge in [-0.1, -0.05) is 6.08 Å². The zero-order valence-corrected chi connectivity index (χ0v) is 13.1. The third-order valence-corrected chi connectivity index (χ3v) is 3.10. The summed E-state index contributed by atoms with van der Waals surface area (Å²) in [5, 5.41) is 5.86. The van der Waals surface area contributed by atoms with Crippen molar-refractivity contribution < 1.29 is 14.3 Å². The number of carbonyl (C=O) groups excluding carboxylic acids is 1. The molecule has 0 saturated heterocycles. The van der Waals surface area contributed by atoms with E-state index in [4.69, 9.17) is 9.47 Å². The molecule has 2 N–H and O–H groups in total. The number of hydrogen-bond acceptors (Lipinski definition) is 5. The van der Waals surface area contributed by atoms with Gasteiger partial charge < -0.3 is 20.1 Å². The Hall–Kier alpha value is -3.02. The van der Waals surface area contributed by atoms with E-state index in [9.17, 15) is 4.79 Å². The van der Waals surface area contributed by atoms with E-state index in [1.54, 1.807) is 56.8 Å². The molecular weight excluding hydrogens is 294 g/mol. The fourth-order valence-corrected chi connectivity index (χ4v) is 1.95. The molecule has 0 saturated carbocycles. The van der Waals surface area contributed by atoms with Crippen LogP contribution >= 0.6 is 0 Å². The van der Waals surface area contributed by atoms with Gasteiger partial charge in [0.1, 0.15) is 17.3 Å². The Morgan fingerprint density at radius 1 is 1.26 bits per heavy atom. The molecule has 120 valence electrons. The minimum absolute atomic E-state index is 0.263. The van der Waals surface area contributed by atoms with Crippen molar-refractivity contribution >= 4 is 17.4 Å². The number of pyridine rings is 1. The first kappa shape index (κ1) is 16.4. The molecule has 0 aliphatic rings. The molecule has 0 aliphatic carbocycles. The molecule has 6 heteroatoms. The number of benzene rings is 1. The van der Waals surface area contributed by atoms with Gasteiger partial charge in [-0.2, -0.15) is 0 Å². The van der Waals surface area contributed by atoms with Gasteiger partial charge in [0, 0.05) is 24.4 Å². The lowest BCUT2D eigenvalue weighted by Crippen LogP contribution is -2.13. The second kappa shape index (κ2) is 7.84. The van der Waals surface area contributed by atoms with Crippen LogP contribution in [0.1, 0.15) is 10.4 Å². The van der Waals surface area contributed by atoms with Gasteiger partial charge in [0.2, 0.25) is 0 Å². The highest BCUT2D eigenvalue weighted by atomic mass is 16.5. The molecular formula is C17H19N3O3. The van der Waals surface area contributed by atoms with Gasteiger partial charge in [-0.3, -0.25) is 4.79 Å². The molecule has 0 bridgehead atoms. The molecule has 23 heavy (non-hydrogen) atoms. The summed E-state index contributed by atoms with van der Waals surface area (Å²) >= 11 is 0. The smallest absolute Gasteiger partial charge is 0.255 e. The summed E-state index contributed by atoms with van der Waals surface area (Å²) < 4.78 is 10.4. The molecule has 0 atom stereocenters. The third-order valence-electron chi connectivity index (χ3n) is 3.10. The summed E-state index contributed by atoms with van der Waals surface area (Å²) in [6.45, 7) is 4.20. The number of nitrogens with zero attached hydrogens (tertiary/aromatic N) is 1. The summed E-state index contributed by atoms with van der Waals surface area (Å²) in [5.41, 5.74) is 1.02. The van der Waals surface area contributed by atoms with Gasteiger partial charge in [0.15, 0.2) is 0 Å². The number of amides is 1. The topological polar surface area (TPSA) is 72.5 Å². The number of anilines is 2. The van der Waals surface area contributed by atoms with Crippen LogP contribution in [0.5, 0.6) is 11.5 Å². The molecule has 1 heterocycles. The predicted octanol–water partition coefficient (Wildman–Crippen LogP) is 2.95. The maximum absolute atomic E-state index is 12.4. The quantitative estimate of drug-likeness (QED) is 0.769. The Labute approximate surface area is 135 Å². The van der Waals surface area contributed by atoms with Crippen LogP contribution in [0.3, 0.4) is 0 Å². The Morgan fingerprint density at radius 3 is 2.78 bits per heavy atom. The number of ether oxygens (including phenoxy) is 2. The zero-order valence-electron chi connectivity index (χ0n) is 13.1. The predicted molar refractivity (Wildman–Crippen MR) is 90.4 cm³/mol. The molecule has 0 radical (unpaired) electrons. The fourth-order valence-electron chi connectivity index (χ4n) is 1.95. The Balaban J connectivity index is 2.20. The van der Waals surface area contributed by atoms with Crippen molar-refractivity contribution in [1.82, 2.24) is 4.98 Å². The Morgan fingerprint density at radius 2 is 2.09 bits per heavy atom. The van der Waals surface area contributed by atoms with Crippen LogP contribution < -0.4 is 20.1 Å². The largest absolute Gasteiger partial charge is 0.497 e. The lowest BCUT2D eigenvalue weighted by molar-refractivity contribution is 0.102. The average molecular weight is 313 g/mol. The number of methoxy groups -OCH3 is 2. The monoisotopic (exact) mass is 313 g/mol. The van der Waals surface area contributed by atoms with Crippen LogP contribution in [0, 0.1) is 0 Å². The SMILES string of the molecule is C=CCNc1cc(C(=O)Nc2cc(OC)ccc2OC)ccn1. The van der Waals surface area contributed by atoms with Crippen molar-refractivity contribution in [2.75, 3.05) is 31.4 Å². The maximum atomic E-state index is 12.4. The Kier molecular flexibility index (Phi) is 5.57. The zero-order chi connectivity index (χ0) is 16.7. The van der Waals surface area contributed by atoms with E-state index >= 15 is 0 Å². The number of carbonyl (C=O) groups is 1. The van der Waals surface area contributed by atoms with Crippen LogP contribution in [0.4, 0.5) is 11.5 Å². The summed E-state index contributed by atoms with van der Waals surface area (Å²) in [4.78, 5) is 16.6. The molecule has 0 aliphatic heterocycles. The van der Waals surface area contributed by atoms with Crippen molar-refractivity contribution in [1.29, 1.82) is 0 Å². The van der Waals surface area contributed by atoms with E-state index in [1.807, 2.05) is 0 Å². The van der Waals surface area contributed by atoms with E-state index in [1.165, 1.54) is 0 Å². The summed E-state index contributed by atoms with van der Waals surface area (Å²) in [6, 6.07) is 8.51. The van der Waals surface area contributed by atoms with Crippen LogP contribution in [0.15, 0.2) is 49.2 Å². The fraction of sp³-hybridized carbons (Fsp3) is 0.176. The highest BCUT2D eigenvalue weighted by Crippen LogP contribution is 2.29. The summed E-state index contributed by atoms with van der Waals surface area (Å²) in [7, 11) is 3.11. The maximum Gasteiger partial charge on any atom is 0.255 e. The lowest BCUT2D eigenvalue weighted by Gasteiger charge is -2.12. The van der Waals surface area contributed by atoms with Crippen molar-refractivity contribution in [2.24, 2.45) is 0 Å². The lowest BCUT2D eigenvalue weighted by atomic mass is 10.2. The first-order chi connectivity index (χ1) is 11.2. The number of rotatable bonds is 7. The average Bonchev–Trinajstić information content (AvgIpc) is 2.60. The van der Waals surface area contributed by atoms with E-state index in [0.29, 0.717) is 35.1 Å². The van der Waals surface area contributed by atoms with E-state index < -0.39 is 0 Å². The van der Waals surface area contributed by atoms with Gasteiger partial charge in [-0.05, 0) is 24.3 Å². The second-order valence-corrected chi connectivity index (χ2v) is 4.62. The standard InChI is InChI=1S/C17H19N3O3/c1-4-8-18-16-10-12(7-9-19-16)17(21)20-14-11-13(22-2)5-6-15(14)23-3/h4-7,9-11H,1,8H2,2-3H3,(H,18,19)(H,20,21). The first-order valence-corrected chi connectivity index (χ1v) is 7.02. The van der Waals surface area contributed by atoms with Gasteiger partial charge in [0.25, 0.3) is 5.91 Å². The van der Waals surface area contributed by atoms with E-state index in [-0.39, 0.29) is 5.91 Å². The van der Waals surface area contributed by atoms with Crippen LogP contribution in [-0.2, 0) is 0 Å². The minimum Gasteiger partial charge on any atom is -0.497 e. The van der Waals surface area contributed by atoms with Crippen molar-refractivity contribution in [2.45, 2.75) is 0 Å². The number of aromatic nitrogens is 1. The number of nitrogens with one attached hydrogen (secondary N) is 2. The van der Waals surface area contributed by atoms with Crippen molar-refractivity contribution in [3.8, 4) is 11.5 Å². The first-order valence-electron chi connectivity index (χ1n) is 7.02. The molecule has 1 aromatic carbocycles. The van der Waals surface area contributed by atoms with Gasteiger partial charge in [-0.25, -0.2) is 4.98 Å². The van der Waals surface area contributed by atoms with Crippen molar-refractivity contribution in [3.63, 3.8) is 0 Å². The molecule has 0 unspecified atom stereocenters. The van der Waals surface area contributed by atoms with E-state index in [0.717, 1.165) is 0 Å². The highest BCUT2D eigenvalue weighted by molar-refractivity contribution is 6.05. The van der Waals surface area contributed by atoms with Crippen LogP contribution in [-0.4, -0.2) is 31.7 Å². The van der Waals surface area contributed by atoms with Crippen LogP contribution in [0.2, 0.25) is 0 Å². The Bertz CT molecular complexity index is 701. The van der Waals surface area contributed by atoms with E-state index in [2.05, 4.69) is 22.2 Å². The molecule has 2 aromatic rings. The van der Waals surface area contributed by atoms with Gasteiger partial charge in [0.05, 0.1) is 19.9 Å². The highest BCUT2D eigenvalue weighted by Gasteiger charge is 2.11. The van der Waals surface area contributed by atoms with Gasteiger partial charge >= 0.3 is 0 Å². The van der Waals surface area contributed by atoms with Crippen molar-refractivity contribution in [3.05, 3.63) is 54.7 Å².